The van der Waals surface area contributed by atoms with Crippen molar-refractivity contribution in [3.63, 3.8) is 0 Å². The number of nitrogens with one attached hydrogen (secondary N) is 1. The highest BCUT2D eigenvalue weighted by molar-refractivity contribution is 5.87. The number of epoxide rings is 1. The van der Waals surface area contributed by atoms with E-state index in [0.29, 0.717) is 12.0 Å². The van der Waals surface area contributed by atoms with Crippen molar-refractivity contribution in [3.05, 3.63) is 36.0 Å². The lowest BCUT2D eigenvalue weighted by Crippen LogP contribution is -2.50. The minimum Gasteiger partial charge on any atom is -0.459 e. The Balaban J connectivity index is 1.43. The van der Waals surface area contributed by atoms with Gasteiger partial charge in [-0.25, -0.2) is 0 Å². The summed E-state index contributed by atoms with van der Waals surface area (Å²) in [6, 6.07) is -0.0554. The third-order valence-corrected chi connectivity index (χ3v) is 7.16. The zero-order chi connectivity index (χ0) is 24.9. The number of ether oxygens (including phenoxy) is 4. The third-order valence-electron chi connectivity index (χ3n) is 7.16. The quantitative estimate of drug-likeness (QED) is 0.247. The van der Waals surface area contributed by atoms with Crippen LogP contribution >= 0.6 is 0 Å². The van der Waals surface area contributed by atoms with E-state index in [1.165, 1.54) is 18.6 Å². The molecular weight excluding hydrogens is 434 g/mol. The summed E-state index contributed by atoms with van der Waals surface area (Å²) in [6.07, 6.45) is 13.2. The van der Waals surface area contributed by atoms with Crippen LogP contribution < -0.4 is 5.32 Å². The second-order valence-electron chi connectivity index (χ2n) is 10.1. The Kier molecular flexibility index (Phi) is 9.13. The Morgan fingerprint density at radius 3 is 2.62 bits per heavy atom. The minimum atomic E-state index is -0.438. The predicted octanol–water partition coefficient (Wildman–Crippen LogP) is 4.02. The van der Waals surface area contributed by atoms with Crippen molar-refractivity contribution < 1.29 is 28.5 Å². The smallest absolute Gasteiger partial charge is 0.303 e. The number of hydrogen-bond acceptors (Lipinski definition) is 6. The highest BCUT2D eigenvalue weighted by Crippen LogP contribution is 2.46. The summed E-state index contributed by atoms with van der Waals surface area (Å²) >= 11 is 0. The fourth-order valence-electron chi connectivity index (χ4n) is 4.90. The van der Waals surface area contributed by atoms with E-state index in [0.717, 1.165) is 32.3 Å². The number of amides is 1. The zero-order valence-electron chi connectivity index (χ0n) is 21.4. The van der Waals surface area contributed by atoms with Crippen molar-refractivity contribution in [2.45, 2.75) is 109 Å². The molecule has 1 amide bonds. The second-order valence-corrected chi connectivity index (χ2v) is 10.1. The molecule has 0 radical (unpaired) electrons. The fourth-order valence-corrected chi connectivity index (χ4v) is 4.90. The molecule has 0 aromatic carbocycles. The number of hydrogen-bond donors (Lipinski definition) is 1. The summed E-state index contributed by atoms with van der Waals surface area (Å²) in [7, 11) is 0. The van der Waals surface area contributed by atoms with E-state index in [4.69, 9.17) is 18.9 Å². The summed E-state index contributed by atoms with van der Waals surface area (Å²) in [5.41, 5.74) is 1.24. The Hall–Kier alpha value is -1.96. The molecule has 3 aliphatic rings. The largest absolute Gasteiger partial charge is 0.459 e. The van der Waals surface area contributed by atoms with Crippen LogP contribution in [0.4, 0.5) is 0 Å². The molecule has 3 saturated heterocycles. The van der Waals surface area contributed by atoms with Gasteiger partial charge in [0.1, 0.15) is 6.10 Å². The SMILES string of the molecule is CC(=O)OC(C)C=CC(=O)NC1CC(C)C(CC=C(C)C=CC2CC3(CCO2)OC3C)OC1C. The van der Waals surface area contributed by atoms with Gasteiger partial charge in [-0.15, -0.1) is 0 Å². The molecule has 7 nitrogen and oxygen atoms in total. The molecule has 0 aromatic heterocycles. The van der Waals surface area contributed by atoms with E-state index in [1.807, 2.05) is 6.92 Å². The van der Waals surface area contributed by atoms with E-state index in [-0.39, 0.29) is 41.8 Å². The van der Waals surface area contributed by atoms with Crippen LogP contribution in [-0.2, 0) is 28.5 Å². The van der Waals surface area contributed by atoms with E-state index in [1.54, 1.807) is 13.0 Å². The van der Waals surface area contributed by atoms with Crippen molar-refractivity contribution in [1.82, 2.24) is 5.32 Å². The fraction of sp³-hybridized carbons (Fsp3) is 0.704. The second kappa shape index (κ2) is 11.6. The normalized spacial score (nSPS) is 37.2. The maximum absolute atomic E-state index is 12.3. The van der Waals surface area contributed by atoms with Gasteiger partial charge in [-0.05, 0) is 52.5 Å². The molecule has 3 fully saturated rings. The lowest BCUT2D eigenvalue weighted by atomic mass is 9.88. The van der Waals surface area contributed by atoms with Gasteiger partial charge in [-0.2, -0.15) is 0 Å². The molecule has 0 aliphatic carbocycles. The van der Waals surface area contributed by atoms with Crippen molar-refractivity contribution in [1.29, 1.82) is 0 Å². The topological polar surface area (TPSA) is 86.4 Å². The van der Waals surface area contributed by atoms with Crippen molar-refractivity contribution in [2.75, 3.05) is 6.61 Å². The van der Waals surface area contributed by atoms with Gasteiger partial charge in [0.25, 0.3) is 0 Å². The van der Waals surface area contributed by atoms with Crippen LogP contribution in [0.15, 0.2) is 36.0 Å². The average molecular weight is 476 g/mol. The van der Waals surface area contributed by atoms with Crippen LogP contribution in [0, 0.1) is 5.92 Å². The van der Waals surface area contributed by atoms with Gasteiger partial charge in [-0.3, -0.25) is 9.59 Å². The molecule has 1 N–H and O–H groups in total. The number of allylic oxidation sites excluding steroid dienone is 2. The number of rotatable bonds is 8. The van der Waals surface area contributed by atoms with Crippen LogP contribution in [0.3, 0.4) is 0 Å². The van der Waals surface area contributed by atoms with Crippen molar-refractivity contribution >= 4 is 11.9 Å². The number of carbonyl (C=O) groups is 2. The molecule has 7 heteroatoms. The summed E-state index contributed by atoms with van der Waals surface area (Å²) < 4.78 is 23.0. The summed E-state index contributed by atoms with van der Waals surface area (Å²) in [5, 5.41) is 3.02. The standard InChI is InChI=1S/C27H41NO6/c1-17(7-10-23-16-27(13-14-31-23)21(5)34-27)8-11-25-18(2)15-24(20(4)33-25)28-26(30)12-9-19(3)32-22(6)29/h7-10,12,18-21,23-25H,11,13-16H2,1-6H3,(H,28,30). The highest BCUT2D eigenvalue weighted by Gasteiger charge is 2.55. The molecule has 8 unspecified atom stereocenters. The molecule has 3 aliphatic heterocycles. The maximum Gasteiger partial charge on any atom is 0.303 e. The van der Waals surface area contributed by atoms with Crippen LogP contribution in [0.5, 0.6) is 0 Å². The van der Waals surface area contributed by atoms with Crippen LogP contribution in [0.1, 0.15) is 67.2 Å². The van der Waals surface area contributed by atoms with Crippen LogP contribution in [-0.4, -0.2) is 60.6 Å². The molecule has 3 rings (SSSR count). The van der Waals surface area contributed by atoms with Gasteiger partial charge in [0, 0.05) is 25.8 Å². The molecule has 0 aromatic rings. The Labute approximate surface area is 203 Å². The number of carbonyl (C=O) groups excluding carboxylic acids is 2. The number of esters is 1. The summed E-state index contributed by atoms with van der Waals surface area (Å²) in [5.74, 6) is -0.262. The predicted molar refractivity (Wildman–Crippen MR) is 130 cm³/mol. The molecule has 34 heavy (non-hydrogen) atoms. The Morgan fingerprint density at radius 1 is 1.21 bits per heavy atom. The first-order chi connectivity index (χ1) is 16.1. The van der Waals surface area contributed by atoms with Gasteiger partial charge >= 0.3 is 5.97 Å². The first-order valence-corrected chi connectivity index (χ1v) is 12.5. The molecule has 8 atom stereocenters. The molecule has 1 spiro atoms. The average Bonchev–Trinajstić information content (AvgIpc) is 3.38. The molecule has 0 bridgehead atoms. The van der Waals surface area contributed by atoms with Crippen molar-refractivity contribution in [2.24, 2.45) is 5.92 Å². The molecule has 3 heterocycles. The van der Waals surface area contributed by atoms with E-state index in [9.17, 15) is 9.59 Å². The maximum atomic E-state index is 12.3. The Morgan fingerprint density at radius 2 is 1.94 bits per heavy atom. The third kappa shape index (κ3) is 7.52. The highest BCUT2D eigenvalue weighted by atomic mass is 16.6. The molecule has 190 valence electrons. The van der Waals surface area contributed by atoms with E-state index < -0.39 is 6.10 Å². The lowest BCUT2D eigenvalue weighted by Gasteiger charge is -2.39. The first kappa shape index (κ1) is 26.6. The molecule has 0 saturated carbocycles. The van der Waals surface area contributed by atoms with Gasteiger partial charge in [0.2, 0.25) is 5.91 Å². The van der Waals surface area contributed by atoms with Crippen LogP contribution in [0.2, 0.25) is 0 Å². The lowest BCUT2D eigenvalue weighted by molar-refractivity contribution is -0.143. The van der Waals surface area contributed by atoms with Crippen LogP contribution in [0.25, 0.3) is 0 Å². The van der Waals surface area contributed by atoms with Gasteiger partial charge < -0.3 is 24.3 Å². The zero-order valence-corrected chi connectivity index (χ0v) is 21.4. The van der Waals surface area contributed by atoms with Gasteiger partial charge in [-0.1, -0.05) is 30.7 Å². The summed E-state index contributed by atoms with van der Waals surface area (Å²) in [4.78, 5) is 23.3. The summed E-state index contributed by atoms with van der Waals surface area (Å²) in [6.45, 7) is 12.2. The first-order valence-electron chi connectivity index (χ1n) is 12.5. The van der Waals surface area contributed by atoms with E-state index >= 15 is 0 Å². The van der Waals surface area contributed by atoms with Gasteiger partial charge in [0.15, 0.2) is 0 Å². The van der Waals surface area contributed by atoms with Gasteiger partial charge in [0.05, 0.1) is 42.7 Å². The monoisotopic (exact) mass is 475 g/mol. The Bertz CT molecular complexity index is 820. The van der Waals surface area contributed by atoms with E-state index in [2.05, 4.69) is 44.3 Å². The van der Waals surface area contributed by atoms with Crippen molar-refractivity contribution in [3.8, 4) is 0 Å². The minimum absolute atomic E-state index is 0.0503. The molecular formula is C27H41NO6.